The second-order valence-corrected chi connectivity index (χ2v) is 6.74. The van der Waals surface area contributed by atoms with Crippen LogP contribution in [0.1, 0.15) is 5.69 Å². The van der Waals surface area contributed by atoms with Gasteiger partial charge in [-0.2, -0.15) is 0 Å². The second-order valence-electron chi connectivity index (χ2n) is 6.30. The molecule has 1 N–H and O–H groups in total. The topological polar surface area (TPSA) is 70.8 Å². The number of benzene rings is 1. The lowest BCUT2D eigenvalue weighted by molar-refractivity contribution is -0.117. The van der Waals surface area contributed by atoms with Crippen molar-refractivity contribution in [2.75, 3.05) is 51.2 Å². The van der Waals surface area contributed by atoms with E-state index in [0.29, 0.717) is 24.1 Å². The maximum absolute atomic E-state index is 12.0. The zero-order valence-corrected chi connectivity index (χ0v) is 15.5. The molecule has 7 nitrogen and oxygen atoms in total. The molecule has 1 amide bonds. The molecule has 1 aliphatic rings. The maximum atomic E-state index is 12.0. The van der Waals surface area contributed by atoms with E-state index in [1.165, 1.54) is 0 Å². The molecule has 0 radical (unpaired) electrons. The van der Waals surface area contributed by atoms with E-state index in [9.17, 15) is 4.79 Å². The number of anilines is 1. The molecule has 3 rings (SSSR count). The molecule has 0 bridgehead atoms. The van der Waals surface area contributed by atoms with Crippen LogP contribution in [0.2, 0.25) is 5.02 Å². The van der Waals surface area contributed by atoms with Crippen molar-refractivity contribution in [2.45, 2.75) is 6.92 Å². The van der Waals surface area contributed by atoms with Gasteiger partial charge in [-0.3, -0.25) is 19.9 Å². The van der Waals surface area contributed by atoms with Crippen molar-refractivity contribution < 1.29 is 14.1 Å². The van der Waals surface area contributed by atoms with E-state index in [4.69, 9.17) is 20.9 Å². The Balaban J connectivity index is 1.32. The van der Waals surface area contributed by atoms with Crippen LogP contribution in [0.25, 0.3) is 0 Å². The predicted molar refractivity (Wildman–Crippen MR) is 99.7 cm³/mol. The lowest BCUT2D eigenvalue weighted by Crippen LogP contribution is -2.49. The van der Waals surface area contributed by atoms with Gasteiger partial charge >= 0.3 is 0 Å². The number of rotatable bonds is 7. The molecule has 2 heterocycles. The molecule has 2 aromatic rings. The molecule has 26 heavy (non-hydrogen) atoms. The first-order valence-electron chi connectivity index (χ1n) is 8.65. The van der Waals surface area contributed by atoms with Crippen molar-refractivity contribution in [1.29, 1.82) is 0 Å². The van der Waals surface area contributed by atoms with Gasteiger partial charge in [0.25, 0.3) is 0 Å². The first kappa shape index (κ1) is 18.7. The van der Waals surface area contributed by atoms with Crippen LogP contribution in [0.4, 0.5) is 5.88 Å². The number of nitrogens with zero attached hydrogens (tertiary/aromatic N) is 3. The number of halogens is 1. The summed E-state index contributed by atoms with van der Waals surface area (Å²) in [6.07, 6.45) is 0. The highest BCUT2D eigenvalue weighted by molar-refractivity contribution is 6.30. The average Bonchev–Trinajstić information content (AvgIpc) is 3.03. The SMILES string of the molecule is Cc1cc(NC(=O)CN2CCN(CCOc3ccc(Cl)cc3)CC2)on1. The number of amides is 1. The van der Waals surface area contributed by atoms with E-state index in [2.05, 4.69) is 20.3 Å². The lowest BCUT2D eigenvalue weighted by Gasteiger charge is -2.34. The summed E-state index contributed by atoms with van der Waals surface area (Å²) in [7, 11) is 0. The number of aryl methyl sites for hydroxylation is 1. The zero-order valence-electron chi connectivity index (χ0n) is 14.8. The van der Waals surface area contributed by atoms with Gasteiger partial charge in [0, 0.05) is 43.8 Å². The molecule has 1 aromatic heterocycles. The summed E-state index contributed by atoms with van der Waals surface area (Å²) in [4.78, 5) is 16.5. The highest BCUT2D eigenvalue weighted by Gasteiger charge is 2.19. The summed E-state index contributed by atoms with van der Waals surface area (Å²) in [5, 5.41) is 7.18. The Hall–Kier alpha value is -2.09. The number of ether oxygens (including phenoxy) is 1. The Morgan fingerprint density at radius 1 is 1.23 bits per heavy atom. The third kappa shape index (κ3) is 5.72. The average molecular weight is 379 g/mol. The number of nitrogens with one attached hydrogen (secondary N) is 1. The minimum Gasteiger partial charge on any atom is -0.492 e. The van der Waals surface area contributed by atoms with Gasteiger partial charge in [-0.25, -0.2) is 0 Å². The van der Waals surface area contributed by atoms with Crippen LogP contribution in [-0.2, 0) is 4.79 Å². The van der Waals surface area contributed by atoms with Gasteiger partial charge in [-0.15, -0.1) is 0 Å². The Morgan fingerprint density at radius 2 is 1.92 bits per heavy atom. The van der Waals surface area contributed by atoms with E-state index in [-0.39, 0.29) is 5.91 Å². The largest absolute Gasteiger partial charge is 0.492 e. The molecular weight excluding hydrogens is 356 g/mol. The molecule has 1 aromatic carbocycles. The molecule has 0 atom stereocenters. The lowest BCUT2D eigenvalue weighted by atomic mass is 10.3. The Bertz CT molecular complexity index is 711. The third-order valence-corrected chi connectivity index (χ3v) is 4.46. The minimum absolute atomic E-state index is 0.0827. The summed E-state index contributed by atoms with van der Waals surface area (Å²) < 4.78 is 10.7. The first-order chi connectivity index (χ1) is 12.6. The summed E-state index contributed by atoms with van der Waals surface area (Å²) in [5.41, 5.74) is 0.745. The maximum Gasteiger partial charge on any atom is 0.240 e. The molecule has 1 aliphatic heterocycles. The molecule has 0 unspecified atom stereocenters. The fourth-order valence-corrected chi connectivity index (χ4v) is 2.92. The number of carbonyl (C=O) groups excluding carboxylic acids is 1. The van der Waals surface area contributed by atoms with Gasteiger partial charge < -0.3 is 9.26 Å². The predicted octanol–water partition coefficient (Wildman–Crippen LogP) is 2.27. The van der Waals surface area contributed by atoms with Crippen molar-refractivity contribution in [3.05, 3.63) is 41.0 Å². The molecule has 0 aliphatic carbocycles. The summed E-state index contributed by atoms with van der Waals surface area (Å²) in [5.74, 6) is 1.14. The Morgan fingerprint density at radius 3 is 2.58 bits per heavy atom. The van der Waals surface area contributed by atoms with E-state index >= 15 is 0 Å². The molecular formula is C18H23ClN4O3. The smallest absolute Gasteiger partial charge is 0.240 e. The molecule has 1 fully saturated rings. The number of hydrogen-bond donors (Lipinski definition) is 1. The third-order valence-electron chi connectivity index (χ3n) is 4.21. The number of hydrogen-bond acceptors (Lipinski definition) is 6. The standard InChI is InChI=1S/C18H23ClN4O3/c1-14-12-18(26-21-14)20-17(24)13-23-8-6-22(7-9-23)10-11-25-16-4-2-15(19)3-5-16/h2-5,12H,6-11,13H2,1H3,(H,20,24). The van der Waals surface area contributed by atoms with Crippen molar-refractivity contribution in [1.82, 2.24) is 15.0 Å². The van der Waals surface area contributed by atoms with Gasteiger partial charge in [0.15, 0.2) is 0 Å². The fraction of sp³-hybridized carbons (Fsp3) is 0.444. The second kappa shape index (κ2) is 9.02. The van der Waals surface area contributed by atoms with E-state index in [1.54, 1.807) is 6.07 Å². The summed E-state index contributed by atoms with van der Waals surface area (Å²) in [6.45, 7) is 7.20. The minimum atomic E-state index is -0.0827. The normalized spacial score (nSPS) is 15.8. The van der Waals surface area contributed by atoms with Crippen LogP contribution >= 0.6 is 11.6 Å². The monoisotopic (exact) mass is 378 g/mol. The van der Waals surface area contributed by atoms with Gasteiger partial charge in [0.2, 0.25) is 11.8 Å². The van der Waals surface area contributed by atoms with E-state index in [1.807, 2.05) is 31.2 Å². The van der Waals surface area contributed by atoms with Crippen molar-refractivity contribution in [3.8, 4) is 5.75 Å². The van der Waals surface area contributed by atoms with E-state index in [0.717, 1.165) is 44.2 Å². The van der Waals surface area contributed by atoms with Gasteiger partial charge in [0.1, 0.15) is 12.4 Å². The van der Waals surface area contributed by atoms with Gasteiger partial charge in [-0.1, -0.05) is 16.8 Å². The number of piperazine rings is 1. The molecule has 0 spiro atoms. The van der Waals surface area contributed by atoms with Crippen LogP contribution in [0, 0.1) is 6.92 Å². The summed E-state index contributed by atoms with van der Waals surface area (Å²) >= 11 is 5.86. The van der Waals surface area contributed by atoms with Gasteiger partial charge in [0.05, 0.1) is 12.2 Å². The Kier molecular flexibility index (Phi) is 6.49. The highest BCUT2D eigenvalue weighted by Crippen LogP contribution is 2.15. The van der Waals surface area contributed by atoms with Gasteiger partial charge in [-0.05, 0) is 31.2 Å². The fourth-order valence-electron chi connectivity index (χ4n) is 2.80. The number of carbonyl (C=O) groups is 1. The summed E-state index contributed by atoms with van der Waals surface area (Å²) in [6, 6.07) is 9.09. The molecule has 1 saturated heterocycles. The van der Waals surface area contributed by atoms with Crippen molar-refractivity contribution in [3.63, 3.8) is 0 Å². The zero-order chi connectivity index (χ0) is 18.4. The van der Waals surface area contributed by atoms with Crippen LogP contribution < -0.4 is 10.1 Å². The molecule has 0 saturated carbocycles. The van der Waals surface area contributed by atoms with Crippen molar-refractivity contribution >= 4 is 23.4 Å². The molecule has 8 heteroatoms. The highest BCUT2D eigenvalue weighted by atomic mass is 35.5. The van der Waals surface area contributed by atoms with Crippen LogP contribution in [0.15, 0.2) is 34.9 Å². The molecule has 140 valence electrons. The van der Waals surface area contributed by atoms with Crippen LogP contribution in [-0.4, -0.2) is 66.7 Å². The van der Waals surface area contributed by atoms with Crippen LogP contribution in [0.3, 0.4) is 0 Å². The van der Waals surface area contributed by atoms with E-state index < -0.39 is 0 Å². The van der Waals surface area contributed by atoms with Crippen LogP contribution in [0.5, 0.6) is 5.75 Å². The Labute approximate surface area is 157 Å². The first-order valence-corrected chi connectivity index (χ1v) is 9.02. The van der Waals surface area contributed by atoms with Crippen molar-refractivity contribution in [2.24, 2.45) is 0 Å². The number of aromatic nitrogens is 1. The quantitative estimate of drug-likeness (QED) is 0.797.